The smallest absolute Gasteiger partial charge is 0.191 e. The van der Waals surface area contributed by atoms with Gasteiger partial charge in [-0.2, -0.15) is 11.8 Å². The predicted molar refractivity (Wildman–Crippen MR) is 127 cm³/mol. The molecule has 158 valence electrons. The van der Waals surface area contributed by atoms with Gasteiger partial charge in [0.2, 0.25) is 0 Å². The molecule has 1 atom stereocenters. The molecule has 1 unspecified atom stereocenters. The SMILES string of the molecule is CCNC(=NCC1(N2CCOCC2)CCSC1)NCCc1cccc(F)c1.I. The molecule has 2 saturated heterocycles. The van der Waals surface area contributed by atoms with Crippen LogP contribution in [-0.2, 0) is 11.2 Å². The average Bonchev–Trinajstić information content (AvgIpc) is 3.17. The van der Waals surface area contributed by atoms with E-state index in [0.717, 1.165) is 69.6 Å². The molecule has 2 aliphatic rings. The Balaban J connectivity index is 0.00000280. The lowest BCUT2D eigenvalue weighted by molar-refractivity contribution is -0.0104. The van der Waals surface area contributed by atoms with Crippen molar-refractivity contribution in [3.05, 3.63) is 35.6 Å². The summed E-state index contributed by atoms with van der Waals surface area (Å²) in [7, 11) is 0. The van der Waals surface area contributed by atoms with E-state index in [1.807, 2.05) is 17.8 Å². The Morgan fingerprint density at radius 1 is 1.32 bits per heavy atom. The molecule has 5 nitrogen and oxygen atoms in total. The van der Waals surface area contributed by atoms with E-state index in [0.29, 0.717) is 0 Å². The summed E-state index contributed by atoms with van der Waals surface area (Å²) in [5, 5.41) is 6.74. The summed E-state index contributed by atoms with van der Waals surface area (Å²) in [6.07, 6.45) is 1.95. The van der Waals surface area contributed by atoms with E-state index in [1.165, 1.54) is 18.2 Å². The van der Waals surface area contributed by atoms with E-state index in [2.05, 4.69) is 22.5 Å². The van der Waals surface area contributed by atoms with Crippen molar-refractivity contribution in [1.29, 1.82) is 0 Å². The van der Waals surface area contributed by atoms with E-state index in [4.69, 9.17) is 9.73 Å². The summed E-state index contributed by atoms with van der Waals surface area (Å²) in [6, 6.07) is 6.79. The molecule has 2 N–H and O–H groups in total. The number of halogens is 2. The third kappa shape index (κ3) is 6.74. The molecule has 2 heterocycles. The van der Waals surface area contributed by atoms with Gasteiger partial charge in [-0.05, 0) is 43.2 Å². The van der Waals surface area contributed by atoms with Gasteiger partial charge in [0.15, 0.2) is 5.96 Å². The summed E-state index contributed by atoms with van der Waals surface area (Å²) >= 11 is 2.03. The molecule has 0 aromatic heterocycles. The topological polar surface area (TPSA) is 48.9 Å². The van der Waals surface area contributed by atoms with Gasteiger partial charge in [-0.15, -0.1) is 24.0 Å². The zero-order valence-corrected chi connectivity index (χ0v) is 19.7. The molecular formula is C20H32FIN4OS. The molecule has 0 bridgehead atoms. The highest BCUT2D eigenvalue weighted by Crippen LogP contribution is 2.34. The highest BCUT2D eigenvalue weighted by atomic mass is 127. The number of ether oxygens (including phenoxy) is 1. The van der Waals surface area contributed by atoms with Crippen LogP contribution in [0.5, 0.6) is 0 Å². The summed E-state index contributed by atoms with van der Waals surface area (Å²) in [4.78, 5) is 7.50. The van der Waals surface area contributed by atoms with Crippen molar-refractivity contribution >= 4 is 41.7 Å². The fourth-order valence-corrected chi connectivity index (χ4v) is 5.16. The molecule has 8 heteroatoms. The van der Waals surface area contributed by atoms with Crippen LogP contribution in [0.3, 0.4) is 0 Å². The Kier molecular flexibility index (Phi) is 10.3. The second-order valence-corrected chi connectivity index (χ2v) is 8.23. The van der Waals surface area contributed by atoms with Gasteiger partial charge in [-0.25, -0.2) is 4.39 Å². The van der Waals surface area contributed by atoms with Crippen LogP contribution in [0.25, 0.3) is 0 Å². The summed E-state index contributed by atoms with van der Waals surface area (Å²) < 4.78 is 18.9. The zero-order chi connectivity index (χ0) is 19.0. The Bertz CT molecular complexity index is 622. The normalized spacial score (nSPS) is 23.3. The standard InChI is InChI=1S/C20H31FN4OS.HI/c1-2-22-19(23-8-6-17-4-3-5-18(21)14-17)24-15-20(7-13-27-16-20)25-9-11-26-12-10-25;/h3-5,14H,2,6-13,15-16H2,1H3,(H2,22,23,24);1H. The maximum Gasteiger partial charge on any atom is 0.191 e. The highest BCUT2D eigenvalue weighted by molar-refractivity contribution is 14.0. The molecule has 0 radical (unpaired) electrons. The van der Waals surface area contributed by atoms with Gasteiger partial charge < -0.3 is 15.4 Å². The van der Waals surface area contributed by atoms with Crippen LogP contribution in [0.1, 0.15) is 18.9 Å². The molecule has 1 aromatic carbocycles. The number of nitrogens with one attached hydrogen (secondary N) is 2. The molecule has 2 aliphatic heterocycles. The van der Waals surface area contributed by atoms with Crippen molar-refractivity contribution in [1.82, 2.24) is 15.5 Å². The second-order valence-electron chi connectivity index (χ2n) is 7.13. The lowest BCUT2D eigenvalue weighted by Crippen LogP contribution is -2.56. The van der Waals surface area contributed by atoms with Crippen LogP contribution >= 0.6 is 35.7 Å². The van der Waals surface area contributed by atoms with Crippen molar-refractivity contribution < 1.29 is 9.13 Å². The fraction of sp³-hybridized carbons (Fsp3) is 0.650. The molecule has 3 rings (SSSR count). The van der Waals surface area contributed by atoms with E-state index >= 15 is 0 Å². The van der Waals surface area contributed by atoms with Crippen molar-refractivity contribution in [2.45, 2.75) is 25.3 Å². The third-order valence-electron chi connectivity index (χ3n) is 5.24. The van der Waals surface area contributed by atoms with Gasteiger partial charge in [0, 0.05) is 31.9 Å². The predicted octanol–water partition coefficient (Wildman–Crippen LogP) is 2.75. The van der Waals surface area contributed by atoms with Crippen LogP contribution in [0, 0.1) is 5.82 Å². The van der Waals surface area contributed by atoms with Crippen molar-refractivity contribution in [3.63, 3.8) is 0 Å². The van der Waals surface area contributed by atoms with Gasteiger partial charge in [-0.1, -0.05) is 12.1 Å². The minimum atomic E-state index is -0.181. The molecular weight excluding hydrogens is 490 g/mol. The van der Waals surface area contributed by atoms with E-state index in [-0.39, 0.29) is 35.3 Å². The van der Waals surface area contributed by atoms with Gasteiger partial charge in [0.1, 0.15) is 5.82 Å². The first kappa shape index (κ1) is 23.7. The number of guanidine groups is 1. The molecule has 0 spiro atoms. The number of morpholine rings is 1. The maximum atomic E-state index is 13.3. The number of nitrogens with zero attached hydrogens (tertiary/aromatic N) is 2. The molecule has 0 saturated carbocycles. The lowest BCUT2D eigenvalue weighted by atomic mass is 9.96. The summed E-state index contributed by atoms with van der Waals surface area (Å²) in [6.45, 7) is 8.07. The third-order valence-corrected chi connectivity index (χ3v) is 6.47. The van der Waals surface area contributed by atoms with Crippen LogP contribution < -0.4 is 10.6 Å². The first-order valence-corrected chi connectivity index (χ1v) is 11.0. The summed E-state index contributed by atoms with van der Waals surface area (Å²) in [5.41, 5.74) is 1.15. The van der Waals surface area contributed by atoms with E-state index in [9.17, 15) is 4.39 Å². The van der Waals surface area contributed by atoms with E-state index in [1.54, 1.807) is 12.1 Å². The van der Waals surface area contributed by atoms with Crippen LogP contribution in [0.15, 0.2) is 29.3 Å². The van der Waals surface area contributed by atoms with Crippen molar-refractivity contribution in [2.24, 2.45) is 4.99 Å². The monoisotopic (exact) mass is 522 g/mol. The van der Waals surface area contributed by atoms with Crippen LogP contribution in [0.4, 0.5) is 4.39 Å². The van der Waals surface area contributed by atoms with Crippen molar-refractivity contribution in [2.75, 3.05) is 57.4 Å². The van der Waals surface area contributed by atoms with Gasteiger partial charge in [0.25, 0.3) is 0 Å². The molecule has 28 heavy (non-hydrogen) atoms. The second kappa shape index (κ2) is 12.2. The first-order chi connectivity index (χ1) is 13.2. The first-order valence-electron chi connectivity index (χ1n) is 9.89. The largest absolute Gasteiger partial charge is 0.379 e. The van der Waals surface area contributed by atoms with Crippen LogP contribution in [-0.4, -0.2) is 73.8 Å². The quantitative estimate of drug-likeness (QED) is 0.328. The summed E-state index contributed by atoms with van der Waals surface area (Å²) in [5.74, 6) is 3.01. The molecule has 1 aromatic rings. The Morgan fingerprint density at radius 3 is 2.82 bits per heavy atom. The van der Waals surface area contributed by atoms with Crippen molar-refractivity contribution in [3.8, 4) is 0 Å². The number of aliphatic imine (C=N–C) groups is 1. The Labute approximate surface area is 189 Å². The van der Waals surface area contributed by atoms with E-state index < -0.39 is 0 Å². The number of hydrogen-bond donors (Lipinski definition) is 2. The maximum absolute atomic E-state index is 13.3. The Hall–Kier alpha value is -0.580. The van der Waals surface area contributed by atoms with Gasteiger partial charge >= 0.3 is 0 Å². The van der Waals surface area contributed by atoms with Crippen LogP contribution in [0.2, 0.25) is 0 Å². The number of thioether (sulfide) groups is 1. The number of benzene rings is 1. The molecule has 2 fully saturated rings. The minimum absolute atomic E-state index is 0. The number of rotatable bonds is 7. The highest BCUT2D eigenvalue weighted by Gasteiger charge is 2.40. The molecule has 0 aliphatic carbocycles. The van der Waals surface area contributed by atoms with Gasteiger partial charge in [-0.3, -0.25) is 9.89 Å². The zero-order valence-electron chi connectivity index (χ0n) is 16.6. The minimum Gasteiger partial charge on any atom is -0.379 e. The fourth-order valence-electron chi connectivity index (χ4n) is 3.69. The Morgan fingerprint density at radius 2 is 2.14 bits per heavy atom. The average molecular weight is 522 g/mol. The number of hydrogen-bond acceptors (Lipinski definition) is 4. The molecule has 0 amide bonds. The van der Waals surface area contributed by atoms with Gasteiger partial charge in [0.05, 0.1) is 25.3 Å². The lowest BCUT2D eigenvalue weighted by Gasteiger charge is -2.42.